The van der Waals surface area contributed by atoms with Crippen molar-refractivity contribution >= 4 is 28.6 Å². The summed E-state index contributed by atoms with van der Waals surface area (Å²) in [5, 5.41) is 0. The fourth-order valence-corrected chi connectivity index (χ4v) is 1.04. The second kappa shape index (κ2) is 5.32. The molecule has 0 radical (unpaired) electrons. The zero-order valence-electron chi connectivity index (χ0n) is 5.80. The monoisotopic (exact) mass is 208 g/mol. The van der Waals surface area contributed by atoms with Crippen LogP contribution in [-0.4, -0.2) is 0 Å². The third kappa shape index (κ3) is 3.16. The van der Waals surface area contributed by atoms with E-state index in [9.17, 15) is 0 Å². The zero-order chi connectivity index (χ0) is 6.69. The Hall–Kier alpha value is 0.647. The summed E-state index contributed by atoms with van der Waals surface area (Å²) >= 11 is 8.19. The molecule has 1 aromatic carbocycles. The molecule has 0 aliphatic rings. The predicted octanol–water partition coefficient (Wildman–Crippen LogP) is -0.500. The van der Waals surface area contributed by atoms with Crippen molar-refractivity contribution < 1.29 is 18.9 Å². The molecule has 0 saturated heterocycles. The van der Waals surface area contributed by atoms with Crippen LogP contribution in [-0.2, 0) is 18.4 Å². The first kappa shape index (κ1) is 10.6. The molecule has 1 aromatic rings. The van der Waals surface area contributed by atoms with Crippen molar-refractivity contribution in [2.45, 2.75) is 5.75 Å². The summed E-state index contributed by atoms with van der Waals surface area (Å²) in [4.78, 5) is 0. The fraction of sp³-hybridized carbons (Fsp3) is 0.143. The molecular weight excluding hydrogens is 203 g/mol. The Labute approximate surface area is 87.1 Å². The molecule has 0 amide bonds. The molecular formula is C7H6BrLiS. The number of rotatable bonds is 1. The van der Waals surface area contributed by atoms with Gasteiger partial charge in [0.1, 0.15) is 0 Å². The molecule has 0 N–H and O–H groups in total. The third-order valence-electron chi connectivity index (χ3n) is 1.08. The Kier molecular flexibility index (Phi) is 5.66. The number of hydrogen-bond acceptors (Lipinski definition) is 1. The molecule has 0 aliphatic carbocycles. The summed E-state index contributed by atoms with van der Waals surface area (Å²) < 4.78 is 1.11. The molecule has 0 spiro atoms. The molecule has 0 saturated carbocycles. The average Bonchev–Trinajstić information content (AvgIpc) is 1.90. The van der Waals surface area contributed by atoms with Gasteiger partial charge in [0, 0.05) is 4.47 Å². The molecule has 48 valence electrons. The molecule has 0 atom stereocenters. The number of benzene rings is 1. The van der Waals surface area contributed by atoms with E-state index in [4.69, 9.17) is 12.6 Å². The first-order valence-corrected chi connectivity index (χ1v) is 4.02. The van der Waals surface area contributed by atoms with E-state index < -0.39 is 0 Å². The first-order chi connectivity index (χ1) is 4.33. The topological polar surface area (TPSA) is 0 Å². The van der Waals surface area contributed by atoms with Gasteiger partial charge in [0.05, 0.1) is 0 Å². The summed E-state index contributed by atoms with van der Waals surface area (Å²) in [5.74, 6) is 0.702. The Morgan fingerprint density at radius 2 is 1.70 bits per heavy atom. The molecule has 0 aromatic heterocycles. The molecule has 10 heavy (non-hydrogen) atoms. The van der Waals surface area contributed by atoms with E-state index in [1.807, 2.05) is 24.3 Å². The van der Waals surface area contributed by atoms with Crippen molar-refractivity contribution in [3.63, 3.8) is 0 Å². The Bertz CT molecular complexity index is 185. The van der Waals surface area contributed by atoms with Crippen LogP contribution >= 0.6 is 15.9 Å². The van der Waals surface area contributed by atoms with E-state index in [1.54, 1.807) is 0 Å². The maximum Gasteiger partial charge on any atom is 1.00 e. The first-order valence-electron chi connectivity index (χ1n) is 2.65. The van der Waals surface area contributed by atoms with E-state index >= 15 is 0 Å². The van der Waals surface area contributed by atoms with Gasteiger partial charge < -0.3 is 12.6 Å². The van der Waals surface area contributed by atoms with E-state index in [2.05, 4.69) is 15.9 Å². The van der Waals surface area contributed by atoms with Crippen LogP contribution in [0.4, 0.5) is 0 Å². The van der Waals surface area contributed by atoms with Crippen LogP contribution in [0.15, 0.2) is 28.7 Å². The minimum absolute atomic E-state index is 0. The molecule has 0 aliphatic heterocycles. The van der Waals surface area contributed by atoms with Gasteiger partial charge >= 0.3 is 18.9 Å². The standard InChI is InChI=1S/C7H7BrS.Li/c8-7-3-1-6(5-9)2-4-7;/h1-4,9H,5H2;/q;+1/p-1. The maximum absolute atomic E-state index is 4.85. The maximum atomic E-state index is 4.85. The molecule has 3 heteroatoms. The number of halogens is 1. The zero-order valence-corrected chi connectivity index (χ0v) is 8.21. The minimum Gasteiger partial charge on any atom is -0.788 e. The van der Waals surface area contributed by atoms with Gasteiger partial charge in [-0.05, 0) is 12.1 Å². The molecule has 0 fully saturated rings. The van der Waals surface area contributed by atoms with Crippen LogP contribution in [0.3, 0.4) is 0 Å². The summed E-state index contributed by atoms with van der Waals surface area (Å²) in [6.07, 6.45) is 0. The Morgan fingerprint density at radius 1 is 1.20 bits per heavy atom. The van der Waals surface area contributed by atoms with Crippen LogP contribution in [0.25, 0.3) is 0 Å². The largest absolute Gasteiger partial charge is 1.00 e. The SMILES string of the molecule is [Li+].[S-]Cc1ccc(Br)cc1. The van der Waals surface area contributed by atoms with Crippen LogP contribution in [0.2, 0.25) is 0 Å². The van der Waals surface area contributed by atoms with Crippen molar-refractivity contribution in [3.05, 3.63) is 34.3 Å². The summed E-state index contributed by atoms with van der Waals surface area (Å²) in [5.41, 5.74) is 1.20. The van der Waals surface area contributed by atoms with Gasteiger partial charge in [-0.25, -0.2) is 0 Å². The van der Waals surface area contributed by atoms with E-state index in [0.29, 0.717) is 5.75 Å². The van der Waals surface area contributed by atoms with Crippen molar-refractivity contribution in [1.29, 1.82) is 0 Å². The molecule has 0 bridgehead atoms. The van der Waals surface area contributed by atoms with Gasteiger partial charge in [-0.1, -0.05) is 33.6 Å². The van der Waals surface area contributed by atoms with Crippen molar-refractivity contribution in [3.8, 4) is 0 Å². The van der Waals surface area contributed by atoms with E-state index in [0.717, 1.165) is 4.47 Å². The van der Waals surface area contributed by atoms with Gasteiger partial charge in [-0.15, -0.1) is 0 Å². The van der Waals surface area contributed by atoms with Crippen LogP contribution < -0.4 is 18.9 Å². The quantitative estimate of drug-likeness (QED) is 0.444. The van der Waals surface area contributed by atoms with Crippen molar-refractivity contribution in [2.75, 3.05) is 0 Å². The van der Waals surface area contributed by atoms with Gasteiger partial charge in [0.15, 0.2) is 0 Å². The summed E-state index contributed by atoms with van der Waals surface area (Å²) in [6, 6.07) is 8.05. The molecule has 0 unspecified atom stereocenters. The molecule has 0 nitrogen and oxygen atoms in total. The normalized spacial score (nSPS) is 8.60. The second-order valence-electron chi connectivity index (χ2n) is 1.77. The van der Waals surface area contributed by atoms with Crippen molar-refractivity contribution in [1.82, 2.24) is 0 Å². The average molecular weight is 209 g/mol. The van der Waals surface area contributed by atoms with Gasteiger partial charge in [0.25, 0.3) is 0 Å². The van der Waals surface area contributed by atoms with E-state index in [1.165, 1.54) is 5.56 Å². The molecule has 0 heterocycles. The minimum atomic E-state index is 0. The Balaban J connectivity index is 0.000000810. The fourth-order valence-electron chi connectivity index (χ4n) is 0.581. The summed E-state index contributed by atoms with van der Waals surface area (Å²) in [6.45, 7) is 0. The van der Waals surface area contributed by atoms with Gasteiger partial charge in [-0.2, -0.15) is 5.75 Å². The summed E-state index contributed by atoms with van der Waals surface area (Å²) in [7, 11) is 0. The smallest absolute Gasteiger partial charge is 0.788 e. The number of hydrogen-bond donors (Lipinski definition) is 0. The van der Waals surface area contributed by atoms with Gasteiger partial charge in [0.2, 0.25) is 0 Å². The van der Waals surface area contributed by atoms with Crippen molar-refractivity contribution in [2.24, 2.45) is 0 Å². The van der Waals surface area contributed by atoms with Crippen LogP contribution in [0.5, 0.6) is 0 Å². The predicted molar refractivity (Wildman–Crippen MR) is 45.2 cm³/mol. The van der Waals surface area contributed by atoms with Crippen LogP contribution in [0.1, 0.15) is 5.56 Å². The van der Waals surface area contributed by atoms with E-state index in [-0.39, 0.29) is 18.9 Å². The van der Waals surface area contributed by atoms with Crippen LogP contribution in [0, 0.1) is 0 Å². The Morgan fingerprint density at radius 3 is 2.10 bits per heavy atom. The van der Waals surface area contributed by atoms with Gasteiger partial charge in [-0.3, -0.25) is 0 Å². The second-order valence-corrected chi connectivity index (χ2v) is 2.98. The third-order valence-corrected chi connectivity index (χ3v) is 1.94. The molecule has 1 rings (SSSR count).